The van der Waals surface area contributed by atoms with Crippen LogP contribution in [0.4, 0.5) is 4.39 Å². The van der Waals surface area contributed by atoms with Crippen molar-refractivity contribution in [1.82, 2.24) is 10.6 Å². The molecule has 2 aromatic rings. The van der Waals surface area contributed by atoms with Crippen LogP contribution in [0.5, 0.6) is 0 Å². The first-order valence-corrected chi connectivity index (χ1v) is 8.43. The highest BCUT2D eigenvalue weighted by molar-refractivity contribution is 6.31. The molecule has 1 aliphatic rings. The fraction of sp³-hybridized carbons (Fsp3) is 0.316. The summed E-state index contributed by atoms with van der Waals surface area (Å²) in [5.41, 5.74) is 2.77. The highest BCUT2D eigenvalue weighted by Crippen LogP contribution is 2.22. The fourth-order valence-electron chi connectivity index (χ4n) is 2.94. The van der Waals surface area contributed by atoms with Gasteiger partial charge < -0.3 is 10.6 Å². The van der Waals surface area contributed by atoms with Crippen molar-refractivity contribution in [3.8, 4) is 0 Å². The normalized spacial score (nSPS) is 19.6. The van der Waals surface area contributed by atoms with Crippen LogP contribution in [0.15, 0.2) is 42.5 Å². The minimum atomic E-state index is -0.501. The molecule has 0 atom stereocenters. The molecule has 5 heteroatoms. The zero-order valence-electron chi connectivity index (χ0n) is 13.5. The molecule has 0 radical (unpaired) electrons. The molecule has 2 N–H and O–H groups in total. The first-order chi connectivity index (χ1) is 11.5. The zero-order valence-corrected chi connectivity index (χ0v) is 14.2. The third kappa shape index (κ3) is 4.34. The minimum Gasteiger partial charge on any atom is -0.349 e. The number of benzene rings is 2. The Morgan fingerprint density at radius 2 is 2.00 bits per heavy atom. The number of nitrogens with one attached hydrogen (secondary N) is 2. The van der Waals surface area contributed by atoms with Gasteiger partial charge in [0.25, 0.3) is 5.91 Å². The lowest BCUT2D eigenvalue weighted by Gasteiger charge is -2.36. The van der Waals surface area contributed by atoms with Gasteiger partial charge in [-0.3, -0.25) is 4.79 Å². The molecule has 0 unspecified atom stereocenters. The lowest BCUT2D eigenvalue weighted by atomic mass is 9.86. The van der Waals surface area contributed by atoms with E-state index >= 15 is 0 Å². The molecule has 126 valence electrons. The Kier molecular flexibility index (Phi) is 5.17. The van der Waals surface area contributed by atoms with E-state index in [0.717, 1.165) is 19.4 Å². The van der Waals surface area contributed by atoms with Crippen molar-refractivity contribution in [3.05, 3.63) is 70.0 Å². The predicted octanol–water partition coefficient (Wildman–Crippen LogP) is 3.84. The van der Waals surface area contributed by atoms with Gasteiger partial charge in [0.2, 0.25) is 0 Å². The summed E-state index contributed by atoms with van der Waals surface area (Å²) in [4.78, 5) is 12.1. The molecule has 1 amide bonds. The van der Waals surface area contributed by atoms with Gasteiger partial charge in [-0.25, -0.2) is 4.39 Å². The quantitative estimate of drug-likeness (QED) is 0.863. The van der Waals surface area contributed by atoms with Crippen molar-refractivity contribution < 1.29 is 9.18 Å². The van der Waals surface area contributed by atoms with Crippen LogP contribution in [-0.4, -0.2) is 18.0 Å². The SMILES string of the molecule is Cc1cccc(CN[C@H]2C[C@H](NC(=O)c3cc(F)cc(Cl)c3)C2)c1. The molecule has 1 aliphatic carbocycles. The van der Waals surface area contributed by atoms with Gasteiger partial charge in [0, 0.05) is 29.2 Å². The summed E-state index contributed by atoms with van der Waals surface area (Å²) >= 11 is 5.78. The molecule has 1 fully saturated rings. The Bertz CT molecular complexity index is 724. The largest absolute Gasteiger partial charge is 0.349 e. The third-order valence-corrected chi connectivity index (χ3v) is 4.49. The van der Waals surface area contributed by atoms with Gasteiger partial charge >= 0.3 is 0 Å². The van der Waals surface area contributed by atoms with E-state index < -0.39 is 5.82 Å². The van der Waals surface area contributed by atoms with Crippen molar-refractivity contribution in [2.45, 2.75) is 38.4 Å². The summed E-state index contributed by atoms with van der Waals surface area (Å²) in [5, 5.41) is 6.64. The van der Waals surface area contributed by atoms with Gasteiger partial charge in [-0.2, -0.15) is 0 Å². The van der Waals surface area contributed by atoms with Gasteiger partial charge in [0.05, 0.1) is 0 Å². The smallest absolute Gasteiger partial charge is 0.251 e. The molecule has 2 aromatic carbocycles. The molecule has 0 heterocycles. The zero-order chi connectivity index (χ0) is 17.1. The lowest BCUT2D eigenvalue weighted by molar-refractivity contribution is 0.0901. The molecule has 0 saturated heterocycles. The van der Waals surface area contributed by atoms with Crippen molar-refractivity contribution >= 4 is 17.5 Å². The molecule has 0 bridgehead atoms. The Morgan fingerprint density at radius 1 is 1.21 bits per heavy atom. The second-order valence-corrected chi connectivity index (χ2v) is 6.80. The van der Waals surface area contributed by atoms with Gasteiger partial charge in [-0.15, -0.1) is 0 Å². The van der Waals surface area contributed by atoms with Crippen LogP contribution < -0.4 is 10.6 Å². The van der Waals surface area contributed by atoms with E-state index in [4.69, 9.17) is 11.6 Å². The summed E-state index contributed by atoms with van der Waals surface area (Å²) in [7, 11) is 0. The van der Waals surface area contributed by atoms with Gasteiger partial charge in [-0.1, -0.05) is 41.4 Å². The average Bonchev–Trinajstić information content (AvgIpc) is 2.48. The molecular weight excluding hydrogens is 327 g/mol. The van der Waals surface area contributed by atoms with Crippen LogP contribution in [0.1, 0.15) is 34.3 Å². The van der Waals surface area contributed by atoms with Crippen LogP contribution in [0.3, 0.4) is 0 Å². The molecule has 0 aromatic heterocycles. The van der Waals surface area contributed by atoms with Crippen LogP contribution in [0.2, 0.25) is 5.02 Å². The Hall–Kier alpha value is -1.91. The van der Waals surface area contributed by atoms with Crippen molar-refractivity contribution in [2.75, 3.05) is 0 Å². The summed E-state index contributed by atoms with van der Waals surface area (Å²) in [5.74, 6) is -0.780. The summed E-state index contributed by atoms with van der Waals surface area (Å²) in [6.45, 7) is 2.91. The maximum Gasteiger partial charge on any atom is 0.251 e. The van der Waals surface area contributed by atoms with E-state index in [1.807, 2.05) is 0 Å². The fourth-order valence-corrected chi connectivity index (χ4v) is 3.16. The summed E-state index contributed by atoms with van der Waals surface area (Å²) < 4.78 is 13.3. The Labute approximate surface area is 146 Å². The van der Waals surface area contributed by atoms with Crippen molar-refractivity contribution in [3.63, 3.8) is 0 Å². The Balaban J connectivity index is 1.44. The summed E-state index contributed by atoms with van der Waals surface area (Å²) in [6, 6.07) is 12.8. The van der Waals surface area contributed by atoms with Gasteiger partial charge in [0.15, 0.2) is 0 Å². The number of hydrogen-bond acceptors (Lipinski definition) is 2. The molecule has 3 nitrogen and oxygen atoms in total. The Morgan fingerprint density at radius 3 is 2.71 bits per heavy atom. The number of hydrogen-bond donors (Lipinski definition) is 2. The topological polar surface area (TPSA) is 41.1 Å². The van der Waals surface area contributed by atoms with Crippen LogP contribution >= 0.6 is 11.6 Å². The summed E-state index contributed by atoms with van der Waals surface area (Å²) in [6.07, 6.45) is 1.75. The van der Waals surface area contributed by atoms with E-state index in [-0.39, 0.29) is 22.5 Å². The molecular formula is C19H20ClFN2O. The number of halogens is 2. The highest BCUT2D eigenvalue weighted by atomic mass is 35.5. The maximum absolute atomic E-state index is 13.3. The lowest BCUT2D eigenvalue weighted by Crippen LogP contribution is -2.52. The first-order valence-electron chi connectivity index (χ1n) is 8.05. The van der Waals surface area contributed by atoms with Crippen LogP contribution in [0.25, 0.3) is 0 Å². The maximum atomic E-state index is 13.3. The third-order valence-electron chi connectivity index (χ3n) is 4.28. The number of amides is 1. The van der Waals surface area contributed by atoms with Crippen molar-refractivity contribution in [1.29, 1.82) is 0 Å². The average molecular weight is 347 g/mol. The molecule has 0 spiro atoms. The highest BCUT2D eigenvalue weighted by Gasteiger charge is 2.30. The molecule has 1 saturated carbocycles. The van der Waals surface area contributed by atoms with Crippen LogP contribution in [-0.2, 0) is 6.54 Å². The number of aryl methyl sites for hydroxylation is 1. The monoisotopic (exact) mass is 346 g/mol. The standard InChI is InChI=1S/C19H20ClFN2O/c1-12-3-2-4-13(5-12)11-22-17-9-18(10-17)23-19(24)14-6-15(20)8-16(21)7-14/h2-8,17-18,22H,9-11H2,1H3,(H,23,24)/t17-,18-. The van der Waals surface area contributed by atoms with Crippen LogP contribution in [0, 0.1) is 12.7 Å². The number of rotatable bonds is 5. The predicted molar refractivity (Wildman–Crippen MR) is 93.7 cm³/mol. The number of carbonyl (C=O) groups is 1. The molecule has 24 heavy (non-hydrogen) atoms. The second kappa shape index (κ2) is 7.32. The first kappa shape index (κ1) is 16.9. The van der Waals surface area contributed by atoms with Gasteiger partial charge in [0.1, 0.15) is 5.82 Å². The molecule has 0 aliphatic heterocycles. The van der Waals surface area contributed by atoms with E-state index in [9.17, 15) is 9.18 Å². The minimum absolute atomic E-state index is 0.120. The van der Waals surface area contributed by atoms with E-state index in [0.29, 0.717) is 6.04 Å². The van der Waals surface area contributed by atoms with E-state index in [1.165, 1.54) is 29.3 Å². The second-order valence-electron chi connectivity index (χ2n) is 6.37. The van der Waals surface area contributed by atoms with E-state index in [2.05, 4.69) is 41.8 Å². The van der Waals surface area contributed by atoms with E-state index in [1.54, 1.807) is 0 Å². The van der Waals surface area contributed by atoms with Gasteiger partial charge in [-0.05, 0) is 43.5 Å². The molecule has 3 rings (SSSR count). The van der Waals surface area contributed by atoms with Crippen molar-refractivity contribution in [2.24, 2.45) is 0 Å². The number of carbonyl (C=O) groups excluding carboxylic acids is 1.